The highest BCUT2D eigenvalue weighted by atomic mass is 19.1. The van der Waals surface area contributed by atoms with E-state index in [9.17, 15) is 10.2 Å². The van der Waals surface area contributed by atoms with Gasteiger partial charge in [-0.15, -0.1) is 0 Å². The largest absolute Gasteiger partial charge is 0.394 e. The summed E-state index contributed by atoms with van der Waals surface area (Å²) in [5.41, 5.74) is 2.29. The summed E-state index contributed by atoms with van der Waals surface area (Å²) in [6.45, 7) is 1.99. The van der Waals surface area contributed by atoms with Crippen molar-refractivity contribution in [2.75, 3.05) is 12.3 Å². The molecule has 1 saturated heterocycles. The van der Waals surface area contributed by atoms with Gasteiger partial charge in [-0.2, -0.15) is 0 Å². The maximum Gasteiger partial charge on any atom is 0.183 e. The normalized spacial score (nSPS) is 36.4. The minimum absolute atomic E-state index is 0.169. The van der Waals surface area contributed by atoms with Gasteiger partial charge in [0.2, 0.25) is 0 Å². The molecule has 1 aliphatic heterocycles. The molecule has 114 valence electrons. The second-order valence-electron chi connectivity index (χ2n) is 5.47. The van der Waals surface area contributed by atoms with Crippen LogP contribution in [-0.4, -0.2) is 53.7 Å². The van der Waals surface area contributed by atoms with E-state index >= 15 is 4.39 Å². The van der Waals surface area contributed by atoms with Gasteiger partial charge in [-0.05, 0) is 13.8 Å². The van der Waals surface area contributed by atoms with Crippen LogP contribution in [0.3, 0.4) is 0 Å². The maximum atomic E-state index is 15.1. The van der Waals surface area contributed by atoms with Crippen molar-refractivity contribution in [3.05, 3.63) is 12.7 Å². The number of hydrogen-bond donors (Lipinski definition) is 3. The third kappa shape index (κ3) is 1.74. The number of nitrogen functional groups attached to an aromatic ring is 1. The quantitative estimate of drug-likeness (QED) is 0.700. The molecule has 3 rings (SSSR count). The van der Waals surface area contributed by atoms with Crippen LogP contribution in [0.1, 0.15) is 20.1 Å². The number of nitrogens with zero attached hydrogens (tertiary/aromatic N) is 4. The standard InChI is InChI=1S/C12H16FN5O3/c1-11(13)10(21-6(3-19)12(11,2)20)18-5-17-7-8(14)15-4-16-9(7)18/h4-6,10,19-20H,3H2,1-2H3,(H2,14,15,16)/t6-,10+,11+,12+/m1/s1. The molecule has 1 fully saturated rings. The molecule has 2 aromatic heterocycles. The van der Waals surface area contributed by atoms with Gasteiger partial charge in [-0.3, -0.25) is 4.57 Å². The first-order chi connectivity index (χ1) is 9.80. The Kier molecular flexibility index (Phi) is 2.91. The van der Waals surface area contributed by atoms with Crippen molar-refractivity contribution in [3.8, 4) is 0 Å². The van der Waals surface area contributed by atoms with Gasteiger partial charge in [0.15, 0.2) is 23.4 Å². The molecule has 3 heterocycles. The van der Waals surface area contributed by atoms with Gasteiger partial charge in [0.1, 0.15) is 23.5 Å². The van der Waals surface area contributed by atoms with Crippen molar-refractivity contribution in [2.45, 2.75) is 37.4 Å². The fraction of sp³-hybridized carbons (Fsp3) is 0.583. The van der Waals surface area contributed by atoms with E-state index in [1.54, 1.807) is 0 Å². The van der Waals surface area contributed by atoms with Crippen LogP contribution in [-0.2, 0) is 4.74 Å². The number of hydrogen-bond acceptors (Lipinski definition) is 7. The minimum atomic E-state index is -2.16. The Labute approximate surface area is 119 Å². The lowest BCUT2D eigenvalue weighted by atomic mass is 9.85. The van der Waals surface area contributed by atoms with Crippen molar-refractivity contribution in [3.63, 3.8) is 0 Å². The van der Waals surface area contributed by atoms with Crippen LogP contribution < -0.4 is 5.73 Å². The molecule has 0 bridgehead atoms. The van der Waals surface area contributed by atoms with Crippen molar-refractivity contribution in [1.29, 1.82) is 0 Å². The van der Waals surface area contributed by atoms with Crippen LogP contribution in [0.2, 0.25) is 0 Å². The summed E-state index contributed by atoms with van der Waals surface area (Å²) in [7, 11) is 0. The van der Waals surface area contributed by atoms with Gasteiger partial charge in [-0.25, -0.2) is 19.3 Å². The molecule has 8 nitrogen and oxygen atoms in total. The molecule has 0 aromatic carbocycles. The van der Waals surface area contributed by atoms with E-state index in [4.69, 9.17) is 10.5 Å². The summed E-state index contributed by atoms with van der Waals surface area (Å²) in [4.78, 5) is 11.9. The highest BCUT2D eigenvalue weighted by Gasteiger charge is 2.63. The molecular formula is C12H16FN5O3. The van der Waals surface area contributed by atoms with E-state index in [1.165, 1.54) is 31.1 Å². The molecule has 0 unspecified atom stereocenters. The summed E-state index contributed by atoms with van der Waals surface area (Å²) in [5, 5.41) is 19.6. The fourth-order valence-electron chi connectivity index (χ4n) is 2.57. The third-order valence-corrected chi connectivity index (χ3v) is 4.18. The SMILES string of the molecule is C[C@]1(O)[C@@H](CO)O[C@H](n2cnc3c(N)ncnc32)[C@]1(C)F. The van der Waals surface area contributed by atoms with Crippen LogP contribution >= 0.6 is 0 Å². The summed E-state index contributed by atoms with van der Waals surface area (Å²) in [6, 6.07) is 0. The minimum Gasteiger partial charge on any atom is -0.394 e. The van der Waals surface area contributed by atoms with Gasteiger partial charge in [0.05, 0.1) is 12.9 Å². The van der Waals surface area contributed by atoms with Crippen LogP contribution in [0.25, 0.3) is 11.2 Å². The maximum absolute atomic E-state index is 15.1. The summed E-state index contributed by atoms with van der Waals surface area (Å²) >= 11 is 0. The molecular weight excluding hydrogens is 281 g/mol. The number of aliphatic hydroxyl groups excluding tert-OH is 1. The predicted octanol–water partition coefficient (Wildman–Crippen LogP) is -0.223. The van der Waals surface area contributed by atoms with Gasteiger partial charge in [0.25, 0.3) is 0 Å². The predicted molar refractivity (Wildman–Crippen MR) is 70.9 cm³/mol. The number of rotatable bonds is 2. The van der Waals surface area contributed by atoms with Crippen LogP contribution in [0.5, 0.6) is 0 Å². The molecule has 21 heavy (non-hydrogen) atoms. The molecule has 9 heteroatoms. The van der Waals surface area contributed by atoms with Crippen LogP contribution in [0, 0.1) is 0 Å². The van der Waals surface area contributed by atoms with E-state index in [0.29, 0.717) is 11.2 Å². The fourth-order valence-corrected chi connectivity index (χ4v) is 2.57. The second-order valence-corrected chi connectivity index (χ2v) is 5.47. The van der Waals surface area contributed by atoms with E-state index < -0.39 is 30.2 Å². The molecule has 4 atom stereocenters. The topological polar surface area (TPSA) is 119 Å². The number of ether oxygens (including phenoxy) is 1. The van der Waals surface area contributed by atoms with Crippen molar-refractivity contribution in [1.82, 2.24) is 19.5 Å². The van der Waals surface area contributed by atoms with Crippen molar-refractivity contribution in [2.24, 2.45) is 0 Å². The van der Waals surface area contributed by atoms with Crippen molar-refractivity contribution < 1.29 is 19.3 Å². The third-order valence-electron chi connectivity index (χ3n) is 4.18. The Bertz CT molecular complexity index is 687. The van der Waals surface area contributed by atoms with Gasteiger partial charge >= 0.3 is 0 Å². The van der Waals surface area contributed by atoms with Gasteiger partial charge in [-0.1, -0.05) is 0 Å². The van der Waals surface area contributed by atoms with E-state index in [-0.39, 0.29) is 5.82 Å². The Hall–Kier alpha value is -1.84. The van der Waals surface area contributed by atoms with Crippen LogP contribution in [0.15, 0.2) is 12.7 Å². The Morgan fingerprint density at radius 2 is 2.14 bits per heavy atom. The van der Waals surface area contributed by atoms with Gasteiger partial charge < -0.3 is 20.7 Å². The monoisotopic (exact) mass is 297 g/mol. The highest BCUT2D eigenvalue weighted by molar-refractivity contribution is 5.81. The van der Waals surface area contributed by atoms with Crippen molar-refractivity contribution >= 4 is 17.0 Å². The highest BCUT2D eigenvalue weighted by Crippen LogP contribution is 2.48. The summed E-state index contributed by atoms with van der Waals surface area (Å²) in [6.07, 6.45) is 0.314. The second kappa shape index (κ2) is 4.33. The first-order valence-electron chi connectivity index (χ1n) is 6.41. The lowest BCUT2D eigenvalue weighted by molar-refractivity contribution is -0.0891. The lowest BCUT2D eigenvalue weighted by Crippen LogP contribution is -2.51. The molecule has 2 aromatic rings. The zero-order valence-corrected chi connectivity index (χ0v) is 11.6. The summed E-state index contributed by atoms with van der Waals surface area (Å²) in [5.74, 6) is 0.169. The Morgan fingerprint density at radius 3 is 2.76 bits per heavy atom. The number of anilines is 1. The summed E-state index contributed by atoms with van der Waals surface area (Å²) < 4.78 is 21.9. The average Bonchev–Trinajstić information content (AvgIpc) is 2.90. The zero-order chi connectivity index (χ0) is 15.4. The molecule has 0 aliphatic carbocycles. The molecule has 0 amide bonds. The smallest absolute Gasteiger partial charge is 0.183 e. The molecule has 0 saturated carbocycles. The first-order valence-corrected chi connectivity index (χ1v) is 6.41. The van der Waals surface area contributed by atoms with E-state index in [2.05, 4.69) is 15.0 Å². The van der Waals surface area contributed by atoms with Gasteiger partial charge in [0, 0.05) is 0 Å². The van der Waals surface area contributed by atoms with Crippen LogP contribution in [0.4, 0.5) is 10.2 Å². The number of aliphatic hydroxyl groups is 2. The van der Waals surface area contributed by atoms with E-state index in [1.807, 2.05) is 0 Å². The molecule has 0 spiro atoms. The van der Waals surface area contributed by atoms with E-state index in [0.717, 1.165) is 0 Å². The number of fused-ring (bicyclic) bond motifs is 1. The first kappa shape index (κ1) is 14.1. The molecule has 0 radical (unpaired) electrons. The molecule has 4 N–H and O–H groups in total. The number of nitrogens with two attached hydrogens (primary N) is 1. The lowest BCUT2D eigenvalue weighted by Gasteiger charge is -2.32. The number of aromatic nitrogens is 4. The number of alkyl halides is 1. The molecule has 1 aliphatic rings. The Balaban J connectivity index is 2.13. The zero-order valence-electron chi connectivity index (χ0n) is 11.6. The average molecular weight is 297 g/mol. The Morgan fingerprint density at radius 1 is 1.43 bits per heavy atom. The number of halogens is 1. The number of imidazole rings is 1.